The lowest BCUT2D eigenvalue weighted by atomic mass is 10.3. The molecule has 0 radical (unpaired) electrons. The van der Waals surface area contributed by atoms with Gasteiger partial charge in [-0.3, -0.25) is 4.79 Å². The highest BCUT2D eigenvalue weighted by Gasteiger charge is 2.06. The molecule has 17 heavy (non-hydrogen) atoms. The summed E-state index contributed by atoms with van der Waals surface area (Å²) in [5, 5.41) is 9.75. The normalized spacial score (nSPS) is 10.1. The zero-order valence-corrected chi connectivity index (χ0v) is 9.27. The Morgan fingerprint density at radius 3 is 2.76 bits per heavy atom. The van der Waals surface area contributed by atoms with E-state index in [2.05, 4.69) is 15.0 Å². The molecule has 2 N–H and O–H groups in total. The van der Waals surface area contributed by atoms with E-state index in [1.54, 1.807) is 0 Å². The summed E-state index contributed by atoms with van der Waals surface area (Å²) in [6.07, 6.45) is 2.69. The van der Waals surface area contributed by atoms with Crippen molar-refractivity contribution < 1.29 is 9.90 Å². The third-order valence-corrected chi connectivity index (χ3v) is 2.71. The number of H-pyrrole nitrogens is 1. The van der Waals surface area contributed by atoms with Crippen molar-refractivity contribution in [1.82, 2.24) is 15.0 Å². The number of carboxylic acid groups (broad SMARTS) is 1. The largest absolute Gasteiger partial charge is 0.478 e. The van der Waals surface area contributed by atoms with Crippen LogP contribution in [0.25, 0.3) is 0 Å². The standard InChI is InChI=1S/C10H7N3O3S/c14-7-4-9(13-5-12-7)17-8-3-6(10(15)16)1-2-11-8/h1-5H,(H,15,16)(H,12,13,14). The second-order valence-electron chi connectivity index (χ2n) is 3.04. The van der Waals surface area contributed by atoms with E-state index >= 15 is 0 Å². The first kappa shape index (κ1) is 11.3. The number of hydrogen-bond acceptors (Lipinski definition) is 5. The Morgan fingerprint density at radius 1 is 1.29 bits per heavy atom. The van der Waals surface area contributed by atoms with Gasteiger partial charge in [-0.05, 0) is 23.9 Å². The van der Waals surface area contributed by atoms with Crippen LogP contribution in [0.4, 0.5) is 0 Å². The van der Waals surface area contributed by atoms with Gasteiger partial charge in [0.05, 0.1) is 11.9 Å². The van der Waals surface area contributed by atoms with E-state index in [0.29, 0.717) is 10.1 Å². The number of nitrogens with zero attached hydrogens (tertiary/aromatic N) is 2. The molecule has 0 unspecified atom stereocenters. The topological polar surface area (TPSA) is 95.9 Å². The first-order valence-electron chi connectivity index (χ1n) is 4.57. The monoisotopic (exact) mass is 249 g/mol. The predicted octanol–water partition coefficient (Wildman–Crippen LogP) is 1.01. The summed E-state index contributed by atoms with van der Waals surface area (Å²) in [4.78, 5) is 32.1. The minimum Gasteiger partial charge on any atom is -0.478 e. The SMILES string of the molecule is O=C(O)c1ccnc(Sc2cc(=O)[nH]cn2)c1. The molecule has 0 aromatic carbocycles. The van der Waals surface area contributed by atoms with Gasteiger partial charge >= 0.3 is 5.97 Å². The van der Waals surface area contributed by atoms with E-state index in [9.17, 15) is 9.59 Å². The molecule has 0 spiro atoms. The second-order valence-corrected chi connectivity index (χ2v) is 4.08. The maximum absolute atomic E-state index is 11.0. The molecule has 2 aromatic heterocycles. The molecule has 7 heteroatoms. The van der Waals surface area contributed by atoms with Crippen molar-refractivity contribution in [3.8, 4) is 0 Å². The van der Waals surface area contributed by atoms with Crippen molar-refractivity contribution in [2.24, 2.45) is 0 Å². The van der Waals surface area contributed by atoms with E-state index in [4.69, 9.17) is 5.11 Å². The number of carboxylic acids is 1. The molecule has 0 saturated heterocycles. The zero-order chi connectivity index (χ0) is 12.3. The van der Waals surface area contributed by atoms with Crippen molar-refractivity contribution in [1.29, 1.82) is 0 Å². The molecule has 86 valence electrons. The molecular formula is C10H7N3O3S. The lowest BCUT2D eigenvalue weighted by Crippen LogP contribution is -2.04. The molecule has 2 heterocycles. The first-order chi connectivity index (χ1) is 8.15. The fraction of sp³-hybridized carbons (Fsp3) is 0. The van der Waals surface area contributed by atoms with Crippen LogP contribution in [0.2, 0.25) is 0 Å². The fourth-order valence-electron chi connectivity index (χ4n) is 1.11. The molecule has 0 aliphatic heterocycles. The molecule has 6 nitrogen and oxygen atoms in total. The number of aromatic nitrogens is 3. The molecule has 2 aromatic rings. The maximum atomic E-state index is 11.0. The molecule has 0 aliphatic carbocycles. The maximum Gasteiger partial charge on any atom is 0.335 e. The van der Waals surface area contributed by atoms with Gasteiger partial charge in [0, 0.05) is 12.3 Å². The number of hydrogen-bond donors (Lipinski definition) is 2. The van der Waals surface area contributed by atoms with Gasteiger partial charge in [-0.2, -0.15) is 0 Å². The summed E-state index contributed by atoms with van der Waals surface area (Å²) in [5.74, 6) is -1.02. The van der Waals surface area contributed by atoms with Gasteiger partial charge < -0.3 is 10.1 Å². The highest BCUT2D eigenvalue weighted by atomic mass is 32.2. The summed E-state index contributed by atoms with van der Waals surface area (Å²) in [6.45, 7) is 0. The second kappa shape index (κ2) is 4.79. The number of rotatable bonds is 3. The number of aromatic carboxylic acids is 1. The lowest BCUT2D eigenvalue weighted by Gasteiger charge is -2.00. The van der Waals surface area contributed by atoms with Crippen LogP contribution in [0, 0.1) is 0 Å². The van der Waals surface area contributed by atoms with Gasteiger partial charge in [0.2, 0.25) is 0 Å². The molecular weight excluding hydrogens is 242 g/mol. The Labute approximate surface area is 99.8 Å². The van der Waals surface area contributed by atoms with Crippen molar-refractivity contribution in [3.63, 3.8) is 0 Å². The van der Waals surface area contributed by atoms with Crippen LogP contribution in [-0.4, -0.2) is 26.0 Å². The van der Waals surface area contributed by atoms with Crippen molar-refractivity contribution in [2.45, 2.75) is 10.1 Å². The molecule has 0 fully saturated rings. The summed E-state index contributed by atoms with van der Waals surface area (Å²) in [6, 6.07) is 4.15. The van der Waals surface area contributed by atoms with E-state index < -0.39 is 5.97 Å². The van der Waals surface area contributed by atoms with Crippen LogP contribution in [0.5, 0.6) is 0 Å². The van der Waals surface area contributed by atoms with E-state index in [0.717, 1.165) is 11.8 Å². The smallest absolute Gasteiger partial charge is 0.335 e. The Balaban J connectivity index is 2.27. The number of pyridine rings is 1. The molecule has 0 aliphatic rings. The van der Waals surface area contributed by atoms with Crippen molar-refractivity contribution in [2.75, 3.05) is 0 Å². The van der Waals surface area contributed by atoms with Gasteiger partial charge in [0.15, 0.2) is 0 Å². The van der Waals surface area contributed by atoms with Gasteiger partial charge in [-0.25, -0.2) is 14.8 Å². The third kappa shape index (κ3) is 2.91. The van der Waals surface area contributed by atoms with E-state index in [1.165, 1.54) is 30.7 Å². The first-order valence-corrected chi connectivity index (χ1v) is 5.39. The lowest BCUT2D eigenvalue weighted by molar-refractivity contribution is 0.0696. The zero-order valence-electron chi connectivity index (χ0n) is 8.45. The Hall–Kier alpha value is -2.15. The highest BCUT2D eigenvalue weighted by Crippen LogP contribution is 2.22. The summed E-state index contributed by atoms with van der Waals surface area (Å²) in [5.41, 5.74) is -0.121. The van der Waals surface area contributed by atoms with Crippen LogP contribution in [0.3, 0.4) is 0 Å². The van der Waals surface area contributed by atoms with Crippen molar-refractivity contribution in [3.05, 3.63) is 46.6 Å². The number of carbonyl (C=O) groups is 1. The summed E-state index contributed by atoms with van der Waals surface area (Å²) >= 11 is 1.13. The summed E-state index contributed by atoms with van der Waals surface area (Å²) < 4.78 is 0. The molecule has 0 saturated carbocycles. The van der Waals surface area contributed by atoms with Crippen LogP contribution >= 0.6 is 11.8 Å². The average molecular weight is 249 g/mol. The number of nitrogens with one attached hydrogen (secondary N) is 1. The van der Waals surface area contributed by atoms with Gasteiger partial charge in [-0.15, -0.1) is 0 Å². The average Bonchev–Trinajstić information content (AvgIpc) is 2.29. The molecule has 0 bridgehead atoms. The van der Waals surface area contributed by atoms with Crippen LogP contribution < -0.4 is 5.56 Å². The van der Waals surface area contributed by atoms with Crippen LogP contribution in [-0.2, 0) is 0 Å². The van der Waals surface area contributed by atoms with Gasteiger partial charge in [0.25, 0.3) is 5.56 Å². The third-order valence-electron chi connectivity index (χ3n) is 1.84. The van der Waals surface area contributed by atoms with Gasteiger partial charge in [-0.1, -0.05) is 0 Å². The molecule has 2 rings (SSSR count). The van der Waals surface area contributed by atoms with Crippen LogP contribution in [0.15, 0.2) is 45.6 Å². The highest BCUT2D eigenvalue weighted by molar-refractivity contribution is 7.99. The van der Waals surface area contributed by atoms with Crippen molar-refractivity contribution >= 4 is 17.7 Å². The minimum atomic E-state index is -1.02. The molecule has 0 amide bonds. The predicted molar refractivity (Wildman–Crippen MR) is 60.2 cm³/mol. The Bertz CT molecular complexity index is 611. The van der Waals surface area contributed by atoms with E-state index in [1.807, 2.05) is 0 Å². The van der Waals surface area contributed by atoms with E-state index in [-0.39, 0.29) is 11.1 Å². The Kier molecular flexibility index (Phi) is 3.20. The Morgan fingerprint density at radius 2 is 2.06 bits per heavy atom. The molecule has 0 atom stereocenters. The quantitative estimate of drug-likeness (QED) is 0.788. The minimum absolute atomic E-state index is 0.146. The fourth-order valence-corrected chi connectivity index (χ4v) is 1.90. The van der Waals surface area contributed by atoms with Gasteiger partial charge in [0.1, 0.15) is 10.1 Å². The van der Waals surface area contributed by atoms with Crippen LogP contribution in [0.1, 0.15) is 10.4 Å². The summed E-state index contributed by atoms with van der Waals surface area (Å²) in [7, 11) is 0. The number of aromatic amines is 1.